The summed E-state index contributed by atoms with van der Waals surface area (Å²) in [7, 11) is 3.07. The topological polar surface area (TPSA) is 143 Å². The smallest absolute Gasteiger partial charge is 0.234 e. The molecule has 13 heteroatoms. The molecule has 1 atom stereocenters. The van der Waals surface area contributed by atoms with E-state index in [0.29, 0.717) is 67.8 Å². The second-order valence-electron chi connectivity index (χ2n) is 9.12. The van der Waals surface area contributed by atoms with Gasteiger partial charge in [0.05, 0.1) is 37.5 Å². The molecule has 2 heterocycles. The zero-order chi connectivity index (χ0) is 29.1. The van der Waals surface area contributed by atoms with Crippen molar-refractivity contribution in [3.8, 4) is 17.6 Å². The summed E-state index contributed by atoms with van der Waals surface area (Å²) in [6.45, 7) is 0. The van der Waals surface area contributed by atoms with Gasteiger partial charge in [-0.25, -0.2) is 0 Å². The highest BCUT2D eigenvalue weighted by molar-refractivity contribution is 8.01. The van der Waals surface area contributed by atoms with Crippen LogP contribution in [-0.2, 0) is 9.59 Å². The van der Waals surface area contributed by atoms with E-state index in [2.05, 4.69) is 21.6 Å². The van der Waals surface area contributed by atoms with Crippen LogP contribution in [0, 0.1) is 11.3 Å². The summed E-state index contributed by atoms with van der Waals surface area (Å²) in [4.78, 5) is 27.5. The van der Waals surface area contributed by atoms with E-state index in [1.165, 1.54) is 30.2 Å². The number of hydrogen-bond donors (Lipinski definition) is 2. The third-order valence-electron chi connectivity index (χ3n) is 6.70. The van der Waals surface area contributed by atoms with Gasteiger partial charge in [0.1, 0.15) is 5.82 Å². The number of methoxy groups -OCH3 is 2. The van der Waals surface area contributed by atoms with E-state index >= 15 is 0 Å². The molecule has 1 aliphatic carbocycles. The van der Waals surface area contributed by atoms with Gasteiger partial charge in [-0.05, 0) is 54.8 Å². The van der Waals surface area contributed by atoms with Crippen molar-refractivity contribution in [2.24, 2.45) is 5.73 Å². The number of halogens is 1. The lowest BCUT2D eigenvalue weighted by molar-refractivity contribution is -0.116. The lowest BCUT2D eigenvalue weighted by Gasteiger charge is -2.38. The number of benzene rings is 2. The Bertz CT molecular complexity index is 1610. The monoisotopic (exact) mass is 608 g/mol. The predicted octanol–water partition coefficient (Wildman–Crippen LogP) is 5.24. The zero-order valence-corrected chi connectivity index (χ0v) is 24.5. The van der Waals surface area contributed by atoms with Crippen LogP contribution in [0.4, 0.5) is 10.8 Å². The molecule has 1 amide bonds. The summed E-state index contributed by atoms with van der Waals surface area (Å²) >= 11 is 8.36. The average Bonchev–Trinajstić information content (AvgIpc) is 3.45. The first-order valence-electron chi connectivity index (χ1n) is 12.5. The second kappa shape index (κ2) is 12.2. The van der Waals surface area contributed by atoms with E-state index < -0.39 is 5.92 Å². The maximum atomic E-state index is 13.4. The predicted molar refractivity (Wildman–Crippen MR) is 158 cm³/mol. The molecular formula is C28H25ClN6O4S2. The molecule has 1 aromatic heterocycles. The molecule has 3 N–H and O–H groups in total. The summed E-state index contributed by atoms with van der Waals surface area (Å²) in [5, 5.41) is 22.6. The van der Waals surface area contributed by atoms with Crippen LogP contribution in [0.25, 0.3) is 0 Å². The number of Topliss-reactive ketones (excluding diaryl/α,β-unsaturated/α-hetero) is 1. The van der Waals surface area contributed by atoms with Gasteiger partial charge in [-0.2, -0.15) is 5.26 Å². The maximum absolute atomic E-state index is 13.4. The number of rotatable bonds is 8. The highest BCUT2D eigenvalue weighted by Crippen LogP contribution is 2.48. The second-order valence-corrected chi connectivity index (χ2v) is 11.7. The number of carbonyl (C=O) groups excluding carboxylic acids is 2. The third-order valence-corrected chi connectivity index (χ3v) is 8.99. The Morgan fingerprint density at radius 1 is 1.20 bits per heavy atom. The molecule has 0 saturated heterocycles. The molecule has 10 nitrogen and oxygen atoms in total. The lowest BCUT2D eigenvalue weighted by atomic mass is 9.75. The van der Waals surface area contributed by atoms with E-state index in [1.54, 1.807) is 48.4 Å². The lowest BCUT2D eigenvalue weighted by Crippen LogP contribution is -2.38. The van der Waals surface area contributed by atoms with Crippen LogP contribution in [0.5, 0.6) is 11.5 Å². The number of thioether (sulfide) groups is 1. The van der Waals surface area contributed by atoms with Crippen LogP contribution < -0.4 is 25.4 Å². The standard InChI is InChI=1S/C28H25ClN6O4S2/c1-38-21-11-6-15(12-22(21)39-2)24-18(13-30)26(31)35(19-4-3-5-20(36)25(19)24)27-33-34-28(41-27)40-14-23(37)32-17-9-7-16(29)8-10-17/h6-12,24H,3-5,14,31H2,1-2H3,(H,32,37). The summed E-state index contributed by atoms with van der Waals surface area (Å²) < 4.78 is 11.4. The van der Waals surface area contributed by atoms with Crippen molar-refractivity contribution in [3.63, 3.8) is 0 Å². The van der Waals surface area contributed by atoms with Crippen molar-refractivity contribution in [2.45, 2.75) is 29.5 Å². The number of nitrogens with one attached hydrogen (secondary N) is 1. The highest BCUT2D eigenvalue weighted by Gasteiger charge is 2.41. The molecule has 2 aliphatic rings. The summed E-state index contributed by atoms with van der Waals surface area (Å²) in [5.74, 6) is 0.410. The molecule has 5 rings (SSSR count). The Morgan fingerprint density at radius 2 is 1.95 bits per heavy atom. The third kappa shape index (κ3) is 5.74. The summed E-state index contributed by atoms with van der Waals surface area (Å²) in [6.07, 6.45) is 1.60. The molecule has 1 aliphatic heterocycles. The fourth-order valence-electron chi connectivity index (χ4n) is 4.88. The Kier molecular flexibility index (Phi) is 8.49. The number of nitrogens with two attached hydrogens (primary N) is 1. The number of aromatic nitrogens is 2. The number of nitriles is 1. The van der Waals surface area contributed by atoms with Crippen LogP contribution in [-0.4, -0.2) is 41.9 Å². The number of anilines is 2. The van der Waals surface area contributed by atoms with E-state index in [0.717, 1.165) is 0 Å². The van der Waals surface area contributed by atoms with Crippen molar-refractivity contribution in [2.75, 3.05) is 30.2 Å². The van der Waals surface area contributed by atoms with E-state index in [-0.39, 0.29) is 28.8 Å². The number of ketones is 1. The van der Waals surface area contributed by atoms with Crippen molar-refractivity contribution in [3.05, 3.63) is 75.7 Å². The quantitative estimate of drug-likeness (QED) is 0.326. The molecular weight excluding hydrogens is 584 g/mol. The number of nitrogens with zero attached hydrogens (tertiary/aromatic N) is 4. The maximum Gasteiger partial charge on any atom is 0.234 e. The van der Waals surface area contributed by atoms with Gasteiger partial charge in [0.15, 0.2) is 21.6 Å². The van der Waals surface area contributed by atoms with Crippen LogP contribution in [0.3, 0.4) is 0 Å². The van der Waals surface area contributed by atoms with Crippen LogP contribution in [0.1, 0.15) is 30.7 Å². The van der Waals surface area contributed by atoms with Gasteiger partial charge >= 0.3 is 0 Å². The first-order chi connectivity index (χ1) is 19.8. The molecule has 0 radical (unpaired) electrons. The molecule has 0 spiro atoms. The molecule has 1 unspecified atom stereocenters. The highest BCUT2D eigenvalue weighted by atomic mass is 35.5. The molecule has 0 bridgehead atoms. The van der Waals surface area contributed by atoms with Gasteiger partial charge in [-0.15, -0.1) is 10.2 Å². The Balaban J connectivity index is 1.44. The Morgan fingerprint density at radius 3 is 2.66 bits per heavy atom. The number of hydrogen-bond acceptors (Lipinski definition) is 11. The van der Waals surface area contributed by atoms with Gasteiger partial charge in [-0.1, -0.05) is 40.8 Å². The van der Waals surface area contributed by atoms with Gasteiger partial charge < -0.3 is 20.5 Å². The first kappa shape index (κ1) is 28.5. The first-order valence-corrected chi connectivity index (χ1v) is 14.7. The molecule has 210 valence electrons. The van der Waals surface area contributed by atoms with Gasteiger partial charge in [0.25, 0.3) is 0 Å². The number of amides is 1. The summed E-state index contributed by atoms with van der Waals surface area (Å²) in [5.41, 5.74) is 9.43. The minimum atomic E-state index is -0.655. The Labute approximate surface area is 249 Å². The van der Waals surface area contributed by atoms with E-state index in [9.17, 15) is 14.9 Å². The van der Waals surface area contributed by atoms with E-state index in [1.807, 2.05) is 6.07 Å². The molecule has 41 heavy (non-hydrogen) atoms. The van der Waals surface area contributed by atoms with Gasteiger partial charge in [0, 0.05) is 28.4 Å². The molecule has 2 aromatic carbocycles. The molecule has 0 fully saturated rings. The van der Waals surface area contributed by atoms with Crippen LogP contribution in [0.2, 0.25) is 5.02 Å². The average molecular weight is 609 g/mol. The fourth-order valence-corrected chi connectivity index (χ4v) is 6.69. The van der Waals surface area contributed by atoms with Gasteiger partial charge in [0.2, 0.25) is 11.0 Å². The fraction of sp³-hybridized carbons (Fsp3) is 0.250. The molecule has 0 saturated carbocycles. The minimum Gasteiger partial charge on any atom is -0.493 e. The van der Waals surface area contributed by atoms with Crippen molar-refractivity contribution < 1.29 is 19.1 Å². The zero-order valence-electron chi connectivity index (χ0n) is 22.1. The number of ether oxygens (including phenoxy) is 2. The molecule has 3 aromatic rings. The van der Waals surface area contributed by atoms with E-state index in [4.69, 9.17) is 26.8 Å². The van der Waals surface area contributed by atoms with Crippen molar-refractivity contribution >= 4 is 57.2 Å². The minimum absolute atomic E-state index is 0.0470. The Hall–Kier alpha value is -4.05. The van der Waals surface area contributed by atoms with Crippen molar-refractivity contribution in [1.29, 1.82) is 5.26 Å². The van der Waals surface area contributed by atoms with Gasteiger partial charge in [-0.3, -0.25) is 14.5 Å². The number of carbonyl (C=O) groups is 2. The normalized spacial score (nSPS) is 16.8. The van der Waals surface area contributed by atoms with Crippen LogP contribution in [0.15, 0.2) is 69.5 Å². The largest absolute Gasteiger partial charge is 0.493 e. The SMILES string of the molecule is COc1ccc(C2C(C#N)=C(N)N(c3nnc(SCC(=O)Nc4ccc(Cl)cc4)s3)C3=C2C(=O)CCC3)cc1OC. The summed E-state index contributed by atoms with van der Waals surface area (Å²) in [6, 6.07) is 14.4. The number of allylic oxidation sites excluding steroid dienone is 3. The van der Waals surface area contributed by atoms with Crippen molar-refractivity contribution in [1.82, 2.24) is 10.2 Å². The van der Waals surface area contributed by atoms with Crippen LogP contribution >= 0.6 is 34.7 Å².